The molecule has 2 heterocycles. The molecule has 72 valence electrons. The van der Waals surface area contributed by atoms with Crippen molar-refractivity contribution in [1.29, 1.82) is 0 Å². The van der Waals surface area contributed by atoms with Crippen molar-refractivity contribution in [2.75, 3.05) is 0 Å². The maximum absolute atomic E-state index is 8.95. The number of hydrogen-bond donors (Lipinski definition) is 1. The number of fused-ring (bicyclic) bond motifs is 1. The summed E-state index contributed by atoms with van der Waals surface area (Å²) in [5.41, 5.74) is 3.22. The van der Waals surface area contributed by atoms with Gasteiger partial charge in [0.25, 0.3) is 0 Å². The summed E-state index contributed by atoms with van der Waals surface area (Å²) < 4.78 is 1.82. The van der Waals surface area contributed by atoms with Crippen molar-refractivity contribution in [2.45, 2.75) is 25.4 Å². The highest BCUT2D eigenvalue weighted by Crippen LogP contribution is 2.40. The first-order valence-electron chi connectivity index (χ1n) is 4.96. The van der Waals surface area contributed by atoms with E-state index in [0.29, 0.717) is 0 Å². The second-order valence-corrected chi connectivity index (χ2v) is 3.90. The van der Waals surface area contributed by atoms with Gasteiger partial charge in [0.2, 0.25) is 0 Å². The lowest BCUT2D eigenvalue weighted by molar-refractivity contribution is 0.276. The summed E-state index contributed by atoms with van der Waals surface area (Å²) >= 11 is 0. The SMILES string of the molecule is OCc1cc2cc(C3CC3)ccn2n1. The number of nitrogens with zero attached hydrogens (tertiary/aromatic N) is 2. The molecule has 1 saturated carbocycles. The Morgan fingerprint density at radius 3 is 3.00 bits per heavy atom. The summed E-state index contributed by atoms with van der Waals surface area (Å²) in [4.78, 5) is 0. The van der Waals surface area contributed by atoms with Crippen LogP contribution in [0.3, 0.4) is 0 Å². The van der Waals surface area contributed by atoms with Crippen LogP contribution in [-0.2, 0) is 6.61 Å². The minimum Gasteiger partial charge on any atom is -0.390 e. The normalized spacial score (nSPS) is 16.4. The summed E-state index contributed by atoms with van der Waals surface area (Å²) in [6.45, 7) is 0.0143. The van der Waals surface area contributed by atoms with Crippen LogP contribution in [0.2, 0.25) is 0 Å². The van der Waals surface area contributed by atoms with Gasteiger partial charge in [0.15, 0.2) is 0 Å². The van der Waals surface area contributed by atoms with Crippen LogP contribution in [0.4, 0.5) is 0 Å². The first-order valence-corrected chi connectivity index (χ1v) is 4.96. The lowest BCUT2D eigenvalue weighted by atomic mass is 10.1. The van der Waals surface area contributed by atoms with Gasteiger partial charge in [0.05, 0.1) is 17.8 Å². The molecule has 3 heteroatoms. The molecular weight excluding hydrogens is 176 g/mol. The van der Waals surface area contributed by atoms with E-state index in [1.165, 1.54) is 18.4 Å². The summed E-state index contributed by atoms with van der Waals surface area (Å²) in [5.74, 6) is 0.771. The fraction of sp³-hybridized carbons (Fsp3) is 0.364. The molecule has 0 bridgehead atoms. The Labute approximate surface area is 82.0 Å². The molecule has 2 aromatic rings. The predicted octanol–water partition coefficient (Wildman–Crippen LogP) is 1.70. The average molecular weight is 188 g/mol. The van der Waals surface area contributed by atoms with Crippen LogP contribution in [0.15, 0.2) is 24.4 Å². The van der Waals surface area contributed by atoms with Crippen molar-refractivity contribution in [3.8, 4) is 0 Å². The van der Waals surface area contributed by atoms with Crippen molar-refractivity contribution in [1.82, 2.24) is 9.61 Å². The van der Waals surface area contributed by atoms with E-state index < -0.39 is 0 Å². The Morgan fingerprint density at radius 2 is 2.29 bits per heavy atom. The van der Waals surface area contributed by atoms with E-state index in [9.17, 15) is 0 Å². The number of aromatic nitrogens is 2. The molecule has 2 aromatic heterocycles. The van der Waals surface area contributed by atoms with Gasteiger partial charge in [-0.05, 0) is 42.5 Å². The second-order valence-electron chi connectivity index (χ2n) is 3.90. The highest BCUT2D eigenvalue weighted by atomic mass is 16.3. The van der Waals surface area contributed by atoms with Crippen LogP contribution >= 0.6 is 0 Å². The fourth-order valence-corrected chi connectivity index (χ4v) is 1.81. The Morgan fingerprint density at radius 1 is 1.43 bits per heavy atom. The summed E-state index contributed by atoms with van der Waals surface area (Å²) in [6, 6.07) is 6.23. The monoisotopic (exact) mass is 188 g/mol. The molecule has 1 aliphatic carbocycles. The predicted molar refractivity (Wildman–Crippen MR) is 53.1 cm³/mol. The van der Waals surface area contributed by atoms with Crippen molar-refractivity contribution in [2.24, 2.45) is 0 Å². The second kappa shape index (κ2) is 2.82. The van der Waals surface area contributed by atoms with Gasteiger partial charge in [-0.2, -0.15) is 5.10 Å². The molecule has 1 fully saturated rings. The van der Waals surface area contributed by atoms with Crippen LogP contribution in [0.1, 0.15) is 30.0 Å². The van der Waals surface area contributed by atoms with Gasteiger partial charge in [-0.25, -0.2) is 4.52 Å². The molecule has 1 N–H and O–H groups in total. The number of hydrogen-bond acceptors (Lipinski definition) is 2. The van der Waals surface area contributed by atoms with E-state index in [2.05, 4.69) is 17.2 Å². The van der Waals surface area contributed by atoms with Crippen LogP contribution in [0.25, 0.3) is 5.52 Å². The van der Waals surface area contributed by atoms with Crippen LogP contribution in [0, 0.1) is 0 Å². The summed E-state index contributed by atoms with van der Waals surface area (Å²) in [5, 5.41) is 13.2. The maximum Gasteiger partial charge on any atom is 0.0889 e. The third-order valence-corrected chi connectivity index (χ3v) is 2.75. The molecule has 3 nitrogen and oxygen atoms in total. The third-order valence-electron chi connectivity index (χ3n) is 2.75. The van der Waals surface area contributed by atoms with Crippen molar-refractivity contribution in [3.05, 3.63) is 35.7 Å². The van der Waals surface area contributed by atoms with E-state index in [1.54, 1.807) is 0 Å². The smallest absolute Gasteiger partial charge is 0.0889 e. The first-order chi connectivity index (χ1) is 6.86. The summed E-state index contributed by atoms with van der Waals surface area (Å²) in [7, 11) is 0. The number of aliphatic hydroxyl groups is 1. The van der Waals surface area contributed by atoms with Crippen molar-refractivity contribution >= 4 is 5.52 Å². The number of aliphatic hydroxyl groups excluding tert-OH is 1. The van der Waals surface area contributed by atoms with E-state index in [-0.39, 0.29) is 6.61 Å². The molecule has 0 radical (unpaired) electrons. The fourth-order valence-electron chi connectivity index (χ4n) is 1.81. The minimum absolute atomic E-state index is 0.0143. The highest BCUT2D eigenvalue weighted by Gasteiger charge is 2.23. The topological polar surface area (TPSA) is 37.5 Å². The van der Waals surface area contributed by atoms with Gasteiger partial charge < -0.3 is 5.11 Å². The van der Waals surface area contributed by atoms with Gasteiger partial charge in [-0.3, -0.25) is 0 Å². The van der Waals surface area contributed by atoms with Gasteiger partial charge in [-0.1, -0.05) is 0 Å². The van der Waals surface area contributed by atoms with Gasteiger partial charge in [0.1, 0.15) is 0 Å². The Hall–Kier alpha value is -1.35. The van der Waals surface area contributed by atoms with Crippen molar-refractivity contribution in [3.63, 3.8) is 0 Å². The Balaban J connectivity index is 2.12. The molecule has 0 spiro atoms. The average Bonchev–Trinajstić information content (AvgIpc) is 2.97. The molecule has 0 unspecified atom stereocenters. The molecule has 0 aromatic carbocycles. The number of rotatable bonds is 2. The Bertz CT molecular complexity index is 471. The molecule has 0 saturated heterocycles. The maximum atomic E-state index is 8.95. The molecule has 0 amide bonds. The summed E-state index contributed by atoms with van der Waals surface area (Å²) in [6.07, 6.45) is 4.61. The van der Waals surface area contributed by atoms with Gasteiger partial charge >= 0.3 is 0 Å². The van der Waals surface area contributed by atoms with E-state index >= 15 is 0 Å². The number of pyridine rings is 1. The standard InChI is InChI=1S/C11H12N2O/c14-7-10-6-11-5-9(8-1-2-8)3-4-13(11)12-10/h3-6,8,14H,1-2,7H2. The molecule has 1 aliphatic rings. The molecule has 3 rings (SSSR count). The van der Waals surface area contributed by atoms with Crippen molar-refractivity contribution < 1.29 is 5.11 Å². The third kappa shape index (κ3) is 1.21. The quantitative estimate of drug-likeness (QED) is 0.779. The largest absolute Gasteiger partial charge is 0.390 e. The van der Waals surface area contributed by atoms with Gasteiger partial charge in [0, 0.05) is 6.20 Å². The molecular formula is C11H12N2O. The molecule has 0 aliphatic heterocycles. The molecule has 0 atom stereocenters. The van der Waals surface area contributed by atoms with Crippen LogP contribution < -0.4 is 0 Å². The first kappa shape index (κ1) is 8.00. The highest BCUT2D eigenvalue weighted by molar-refractivity contribution is 5.50. The minimum atomic E-state index is 0.0143. The van der Waals surface area contributed by atoms with E-state index in [4.69, 9.17) is 5.11 Å². The lowest BCUT2D eigenvalue weighted by Crippen LogP contribution is -1.89. The Kier molecular flexibility index (Phi) is 1.61. The zero-order valence-electron chi connectivity index (χ0n) is 7.85. The molecule has 14 heavy (non-hydrogen) atoms. The zero-order chi connectivity index (χ0) is 9.54. The lowest BCUT2D eigenvalue weighted by Gasteiger charge is -1.97. The zero-order valence-corrected chi connectivity index (χ0v) is 7.85. The van der Waals surface area contributed by atoms with E-state index in [1.807, 2.05) is 16.8 Å². The van der Waals surface area contributed by atoms with E-state index in [0.717, 1.165) is 17.1 Å². The van der Waals surface area contributed by atoms with Gasteiger partial charge in [-0.15, -0.1) is 0 Å². The van der Waals surface area contributed by atoms with Crippen LogP contribution in [0.5, 0.6) is 0 Å². The van der Waals surface area contributed by atoms with Crippen LogP contribution in [-0.4, -0.2) is 14.7 Å².